The first kappa shape index (κ1) is 16.8. The maximum atomic E-state index is 12.1. The molecule has 0 aliphatic heterocycles. The van der Waals surface area contributed by atoms with Crippen molar-refractivity contribution in [1.82, 2.24) is 5.32 Å². The van der Waals surface area contributed by atoms with Gasteiger partial charge in [0.15, 0.2) is 0 Å². The van der Waals surface area contributed by atoms with Crippen molar-refractivity contribution < 1.29 is 9.72 Å². The predicted octanol–water partition coefficient (Wildman–Crippen LogP) is 3.58. The van der Waals surface area contributed by atoms with Crippen molar-refractivity contribution in [3.63, 3.8) is 0 Å². The van der Waals surface area contributed by atoms with Crippen LogP contribution in [0.1, 0.15) is 42.5 Å². The molecule has 1 fully saturated rings. The van der Waals surface area contributed by atoms with Crippen LogP contribution in [0.5, 0.6) is 0 Å². The van der Waals surface area contributed by atoms with Crippen LogP contribution >= 0.6 is 0 Å². The molecule has 0 radical (unpaired) electrons. The molecule has 0 aromatic heterocycles. The fraction of sp³-hybridized carbons (Fsp3) is 0.533. The van der Waals surface area contributed by atoms with Gasteiger partial charge in [-0.05, 0) is 36.4 Å². The van der Waals surface area contributed by atoms with Gasteiger partial charge in [0.25, 0.3) is 11.6 Å². The van der Waals surface area contributed by atoms with Crippen molar-refractivity contribution in [2.75, 3.05) is 6.54 Å². The maximum absolute atomic E-state index is 12.1. The van der Waals surface area contributed by atoms with Crippen molar-refractivity contribution in [2.45, 2.75) is 38.1 Å². The highest BCUT2D eigenvalue weighted by Gasteiger charge is 2.23. The number of nitrogens with one attached hydrogen (secondary N) is 1. The van der Waals surface area contributed by atoms with Crippen LogP contribution in [0.4, 0.5) is 5.69 Å². The zero-order valence-electron chi connectivity index (χ0n) is 12.7. The number of amides is 1. The number of hydrogen-bond acceptors (Lipinski definition) is 4. The number of nitro benzene ring substituents is 1. The summed E-state index contributed by atoms with van der Waals surface area (Å²) in [7, 11) is 0. The van der Waals surface area contributed by atoms with Gasteiger partial charge in [-0.2, -0.15) is 0 Å². The summed E-state index contributed by atoms with van der Waals surface area (Å²) in [6.45, 7) is 0.282. The van der Waals surface area contributed by atoms with Crippen molar-refractivity contribution in [3.8, 4) is 0 Å². The predicted molar refractivity (Wildman–Crippen MR) is 84.9 cm³/mol. The van der Waals surface area contributed by atoms with Crippen LogP contribution in [0.2, 0.25) is 0 Å². The molecule has 1 aliphatic rings. The van der Waals surface area contributed by atoms with E-state index in [1.807, 2.05) is 0 Å². The fourth-order valence-corrected chi connectivity index (χ4v) is 2.92. The van der Waals surface area contributed by atoms with Crippen LogP contribution in [-0.2, 0) is 0 Å². The van der Waals surface area contributed by atoms with E-state index >= 15 is 0 Å². The number of benzene rings is 1. The Kier molecular flexibility index (Phi) is 5.94. The fourth-order valence-electron chi connectivity index (χ4n) is 2.92. The molecule has 1 atom stereocenters. The zero-order valence-corrected chi connectivity index (χ0v) is 12.7. The minimum absolute atomic E-state index is 0.0595. The lowest BCUT2D eigenvalue weighted by molar-refractivity contribution is -0.384. The summed E-state index contributed by atoms with van der Waals surface area (Å²) >= 11 is 0. The number of carbonyl (C=O) groups is 1. The molecule has 0 saturated heterocycles. The number of nitro groups is 1. The molecular formula is C15H19N5O3. The van der Waals surface area contributed by atoms with Crippen molar-refractivity contribution in [2.24, 2.45) is 11.0 Å². The minimum atomic E-state index is -0.511. The van der Waals surface area contributed by atoms with Gasteiger partial charge in [-0.25, -0.2) is 0 Å². The Labute approximate surface area is 133 Å². The molecule has 1 aliphatic carbocycles. The van der Waals surface area contributed by atoms with Crippen LogP contribution in [-0.4, -0.2) is 23.4 Å². The summed E-state index contributed by atoms with van der Waals surface area (Å²) in [4.78, 5) is 25.1. The third-order valence-corrected chi connectivity index (χ3v) is 4.21. The second-order valence-corrected chi connectivity index (χ2v) is 5.68. The molecule has 1 N–H and O–H groups in total. The Hall–Kier alpha value is -2.60. The van der Waals surface area contributed by atoms with Gasteiger partial charge in [0.2, 0.25) is 0 Å². The molecule has 0 heterocycles. The Morgan fingerprint density at radius 2 is 2.00 bits per heavy atom. The summed E-state index contributed by atoms with van der Waals surface area (Å²) < 4.78 is 0. The lowest BCUT2D eigenvalue weighted by Crippen LogP contribution is -2.35. The molecule has 0 unspecified atom stereocenters. The molecule has 23 heavy (non-hydrogen) atoms. The quantitative estimate of drug-likeness (QED) is 0.283. The van der Waals surface area contributed by atoms with Gasteiger partial charge >= 0.3 is 0 Å². The van der Waals surface area contributed by atoms with Crippen molar-refractivity contribution in [1.29, 1.82) is 0 Å². The average molecular weight is 317 g/mol. The molecule has 1 aromatic rings. The Morgan fingerprint density at radius 3 is 2.57 bits per heavy atom. The molecule has 8 nitrogen and oxygen atoms in total. The van der Waals surface area contributed by atoms with E-state index in [2.05, 4.69) is 15.3 Å². The first-order valence-electron chi connectivity index (χ1n) is 7.68. The second-order valence-electron chi connectivity index (χ2n) is 5.68. The maximum Gasteiger partial charge on any atom is 0.269 e. The van der Waals surface area contributed by atoms with Crippen LogP contribution in [0.25, 0.3) is 10.4 Å². The largest absolute Gasteiger partial charge is 0.352 e. The number of carbonyl (C=O) groups excluding carboxylic acids is 1. The van der Waals surface area contributed by atoms with E-state index in [1.54, 1.807) is 0 Å². The van der Waals surface area contributed by atoms with E-state index in [-0.39, 0.29) is 24.2 Å². The molecule has 0 spiro atoms. The monoisotopic (exact) mass is 317 g/mol. The van der Waals surface area contributed by atoms with E-state index in [0.29, 0.717) is 11.5 Å². The number of rotatable bonds is 6. The van der Waals surface area contributed by atoms with Gasteiger partial charge in [0.1, 0.15) is 0 Å². The number of non-ortho nitro benzene ring substituents is 1. The van der Waals surface area contributed by atoms with Crippen LogP contribution in [0.15, 0.2) is 29.4 Å². The van der Waals surface area contributed by atoms with Crippen LogP contribution in [0.3, 0.4) is 0 Å². The second kappa shape index (κ2) is 8.14. The standard InChI is InChI=1S/C15H19N5O3/c16-19-18-14(11-4-2-1-3-5-11)10-17-15(21)12-6-8-13(9-7-12)20(22)23/h6-9,11,14H,1-5,10H2,(H,17,21)/t14-/m0/s1. The first-order valence-corrected chi connectivity index (χ1v) is 7.68. The van der Waals surface area contributed by atoms with Crippen LogP contribution < -0.4 is 5.32 Å². The molecule has 122 valence electrons. The molecule has 8 heteroatoms. The summed E-state index contributed by atoms with van der Waals surface area (Å²) in [5.41, 5.74) is 9.00. The van der Waals surface area contributed by atoms with Gasteiger partial charge < -0.3 is 5.32 Å². The SMILES string of the molecule is [N-]=[N+]=N[C@@H](CNC(=O)c1ccc([N+](=O)[O-])cc1)C1CCCCC1. The number of azide groups is 1. The smallest absolute Gasteiger partial charge is 0.269 e. The van der Waals surface area contributed by atoms with Crippen molar-refractivity contribution >= 4 is 11.6 Å². The van der Waals surface area contributed by atoms with E-state index in [9.17, 15) is 14.9 Å². The topological polar surface area (TPSA) is 121 Å². The minimum Gasteiger partial charge on any atom is -0.352 e. The van der Waals surface area contributed by atoms with Gasteiger partial charge in [-0.3, -0.25) is 14.9 Å². The molecule has 1 saturated carbocycles. The van der Waals surface area contributed by atoms with E-state index in [0.717, 1.165) is 25.7 Å². The molecule has 2 rings (SSSR count). The molecular weight excluding hydrogens is 298 g/mol. The molecule has 0 bridgehead atoms. The lowest BCUT2D eigenvalue weighted by Gasteiger charge is -2.27. The van der Waals surface area contributed by atoms with Gasteiger partial charge in [0, 0.05) is 29.2 Å². The highest BCUT2D eigenvalue weighted by molar-refractivity contribution is 5.94. The van der Waals surface area contributed by atoms with Gasteiger partial charge in [-0.1, -0.05) is 24.4 Å². The lowest BCUT2D eigenvalue weighted by atomic mass is 9.84. The van der Waals surface area contributed by atoms with Crippen molar-refractivity contribution in [3.05, 3.63) is 50.4 Å². The highest BCUT2D eigenvalue weighted by Crippen LogP contribution is 2.28. The zero-order chi connectivity index (χ0) is 16.7. The normalized spacial score (nSPS) is 16.2. The Morgan fingerprint density at radius 1 is 1.35 bits per heavy atom. The third kappa shape index (κ3) is 4.69. The van der Waals surface area contributed by atoms with Gasteiger partial charge in [0.05, 0.1) is 11.0 Å². The number of nitrogens with zero attached hydrogens (tertiary/aromatic N) is 4. The molecule has 1 amide bonds. The first-order chi connectivity index (χ1) is 11.1. The van der Waals surface area contributed by atoms with E-state index in [1.165, 1.54) is 30.7 Å². The summed E-state index contributed by atoms with van der Waals surface area (Å²) in [6.07, 6.45) is 5.47. The third-order valence-electron chi connectivity index (χ3n) is 4.21. The Balaban J connectivity index is 1.95. The van der Waals surface area contributed by atoms with Gasteiger partial charge in [-0.15, -0.1) is 0 Å². The average Bonchev–Trinajstić information content (AvgIpc) is 2.59. The number of hydrogen-bond donors (Lipinski definition) is 1. The van der Waals surface area contributed by atoms with E-state index in [4.69, 9.17) is 5.53 Å². The summed E-state index contributed by atoms with van der Waals surface area (Å²) in [5, 5.41) is 17.2. The summed E-state index contributed by atoms with van der Waals surface area (Å²) in [5.74, 6) is -0.0225. The Bertz CT molecular complexity index is 604. The van der Waals surface area contributed by atoms with E-state index < -0.39 is 4.92 Å². The summed E-state index contributed by atoms with van der Waals surface area (Å²) in [6, 6.07) is 5.16. The highest BCUT2D eigenvalue weighted by atomic mass is 16.6. The molecule has 1 aromatic carbocycles. The van der Waals surface area contributed by atoms with Crippen LogP contribution in [0, 0.1) is 16.0 Å².